The van der Waals surface area contributed by atoms with Gasteiger partial charge < -0.3 is 19.7 Å². The molecule has 2 aliphatic rings. The van der Waals surface area contributed by atoms with Gasteiger partial charge >= 0.3 is 5.97 Å². The number of hydrogen-bond acceptors (Lipinski definition) is 5. The van der Waals surface area contributed by atoms with E-state index in [4.69, 9.17) is 4.74 Å². The number of likely N-dealkylation sites (tertiary alicyclic amines) is 1. The molecule has 2 aliphatic heterocycles. The molecule has 0 radical (unpaired) electrons. The molecule has 8 heteroatoms. The highest BCUT2D eigenvalue weighted by atomic mass is 127. The van der Waals surface area contributed by atoms with Gasteiger partial charge in [-0.2, -0.15) is 0 Å². The van der Waals surface area contributed by atoms with Crippen molar-refractivity contribution in [3.8, 4) is 0 Å². The van der Waals surface area contributed by atoms with Gasteiger partial charge in [0.1, 0.15) is 0 Å². The summed E-state index contributed by atoms with van der Waals surface area (Å²) in [5.41, 5.74) is 0. The molecule has 1 N–H and O–H groups in total. The van der Waals surface area contributed by atoms with Gasteiger partial charge in [0.2, 0.25) is 0 Å². The van der Waals surface area contributed by atoms with Gasteiger partial charge in [-0.1, -0.05) is 12.8 Å². The third-order valence-electron chi connectivity index (χ3n) is 5.06. The van der Waals surface area contributed by atoms with E-state index < -0.39 is 0 Å². The Morgan fingerprint density at radius 2 is 1.92 bits per heavy atom. The smallest absolute Gasteiger partial charge is 0.305 e. The van der Waals surface area contributed by atoms with Crippen LogP contribution >= 0.6 is 24.0 Å². The number of esters is 1. The molecular formula is C18H35IN4O3. The van der Waals surface area contributed by atoms with Crippen LogP contribution in [-0.4, -0.2) is 87.9 Å². The van der Waals surface area contributed by atoms with E-state index in [9.17, 15) is 4.79 Å². The minimum atomic E-state index is -0.109. The second-order valence-corrected chi connectivity index (χ2v) is 6.75. The number of aliphatic imine (C=N–C) groups is 1. The van der Waals surface area contributed by atoms with Crippen molar-refractivity contribution in [1.29, 1.82) is 0 Å². The molecule has 2 heterocycles. The summed E-state index contributed by atoms with van der Waals surface area (Å²) in [5.74, 6) is 0.910. The summed E-state index contributed by atoms with van der Waals surface area (Å²) in [7, 11) is 3.31. The maximum absolute atomic E-state index is 11.1. The van der Waals surface area contributed by atoms with Crippen LogP contribution in [0.15, 0.2) is 4.99 Å². The fourth-order valence-electron chi connectivity index (χ4n) is 3.56. The molecule has 0 aliphatic carbocycles. The maximum atomic E-state index is 11.1. The quantitative estimate of drug-likeness (QED) is 0.187. The summed E-state index contributed by atoms with van der Waals surface area (Å²) in [6.07, 6.45) is 5.93. The van der Waals surface area contributed by atoms with Gasteiger partial charge in [0.05, 0.1) is 20.3 Å². The summed E-state index contributed by atoms with van der Waals surface area (Å²) in [6, 6.07) is 0.626. The average molecular weight is 482 g/mol. The summed E-state index contributed by atoms with van der Waals surface area (Å²) in [5, 5.41) is 3.49. The second kappa shape index (κ2) is 13.5. The maximum Gasteiger partial charge on any atom is 0.305 e. The van der Waals surface area contributed by atoms with E-state index in [1.54, 1.807) is 0 Å². The molecule has 2 rings (SSSR count). The molecule has 0 bridgehead atoms. The Morgan fingerprint density at radius 3 is 2.62 bits per heavy atom. The third kappa shape index (κ3) is 7.96. The summed E-state index contributed by atoms with van der Waals surface area (Å²) in [6.45, 7) is 6.88. The lowest BCUT2D eigenvalue weighted by Gasteiger charge is -2.32. The van der Waals surface area contributed by atoms with Gasteiger partial charge in [-0.25, -0.2) is 0 Å². The molecule has 0 spiro atoms. The topological polar surface area (TPSA) is 66.4 Å². The zero-order valence-corrected chi connectivity index (χ0v) is 18.6. The molecule has 1 atom stereocenters. The van der Waals surface area contributed by atoms with Crippen molar-refractivity contribution >= 4 is 35.9 Å². The van der Waals surface area contributed by atoms with Crippen molar-refractivity contribution in [1.82, 2.24) is 15.1 Å². The van der Waals surface area contributed by atoms with Gasteiger partial charge in [0.15, 0.2) is 5.96 Å². The number of halogens is 1. The molecule has 26 heavy (non-hydrogen) atoms. The van der Waals surface area contributed by atoms with Crippen LogP contribution in [0.2, 0.25) is 0 Å². The highest BCUT2D eigenvalue weighted by molar-refractivity contribution is 14.0. The number of nitrogens with zero attached hydrogens (tertiary/aromatic N) is 3. The van der Waals surface area contributed by atoms with E-state index >= 15 is 0 Å². The van der Waals surface area contributed by atoms with E-state index in [1.807, 2.05) is 7.05 Å². The van der Waals surface area contributed by atoms with E-state index in [2.05, 4.69) is 24.8 Å². The first-order valence-electron chi connectivity index (χ1n) is 9.58. The van der Waals surface area contributed by atoms with Crippen molar-refractivity contribution in [2.24, 2.45) is 4.99 Å². The summed E-state index contributed by atoms with van der Waals surface area (Å²) >= 11 is 0. The van der Waals surface area contributed by atoms with Gasteiger partial charge in [0, 0.05) is 52.2 Å². The minimum Gasteiger partial charge on any atom is -0.469 e. The van der Waals surface area contributed by atoms with Gasteiger partial charge in [0.25, 0.3) is 0 Å². The number of carbonyl (C=O) groups is 1. The Kier molecular flexibility index (Phi) is 12.2. The minimum absolute atomic E-state index is 0. The molecule has 0 aromatic carbocycles. The number of unbranched alkanes of at least 4 members (excludes halogenated alkanes) is 3. The number of rotatable bonds is 8. The first-order chi connectivity index (χ1) is 12.2. The predicted molar refractivity (Wildman–Crippen MR) is 114 cm³/mol. The highest BCUT2D eigenvalue weighted by Crippen LogP contribution is 2.17. The fourth-order valence-corrected chi connectivity index (χ4v) is 3.56. The van der Waals surface area contributed by atoms with E-state index in [1.165, 1.54) is 13.5 Å². The molecule has 1 unspecified atom stereocenters. The van der Waals surface area contributed by atoms with Crippen LogP contribution < -0.4 is 5.32 Å². The van der Waals surface area contributed by atoms with Crippen LogP contribution in [0.5, 0.6) is 0 Å². The number of morpholine rings is 1. The van der Waals surface area contributed by atoms with Crippen molar-refractivity contribution in [2.45, 2.75) is 44.6 Å². The van der Waals surface area contributed by atoms with Crippen LogP contribution in [0, 0.1) is 0 Å². The number of methoxy groups -OCH3 is 1. The van der Waals surface area contributed by atoms with Crippen LogP contribution in [0.4, 0.5) is 0 Å². The van der Waals surface area contributed by atoms with Crippen LogP contribution in [0.1, 0.15) is 38.5 Å². The van der Waals surface area contributed by atoms with Crippen LogP contribution in [-0.2, 0) is 14.3 Å². The Hall–Kier alpha value is -0.610. The standard InChI is InChI=1S/C18H34N4O3.HI/c1-19-18(20-9-6-4-3-5-7-17(23)24-2)22-10-8-16(15-22)21-11-13-25-14-12-21;/h16H,3-15H2,1-2H3,(H,19,20);1H. The van der Waals surface area contributed by atoms with Crippen molar-refractivity contribution < 1.29 is 14.3 Å². The SMILES string of the molecule is CN=C(NCCCCCCC(=O)OC)N1CCC(N2CCOCC2)C1.I. The molecule has 0 amide bonds. The Morgan fingerprint density at radius 1 is 1.19 bits per heavy atom. The lowest BCUT2D eigenvalue weighted by atomic mass is 10.1. The van der Waals surface area contributed by atoms with Crippen molar-refractivity contribution in [2.75, 3.05) is 60.1 Å². The van der Waals surface area contributed by atoms with Crippen molar-refractivity contribution in [3.63, 3.8) is 0 Å². The molecule has 0 aromatic heterocycles. The molecular weight excluding hydrogens is 447 g/mol. The Bertz CT molecular complexity index is 431. The molecule has 7 nitrogen and oxygen atoms in total. The number of ether oxygens (including phenoxy) is 2. The molecule has 2 fully saturated rings. The molecule has 0 saturated carbocycles. The van der Waals surface area contributed by atoms with E-state index in [0.717, 1.165) is 77.6 Å². The van der Waals surface area contributed by atoms with E-state index in [0.29, 0.717) is 12.5 Å². The number of hydrogen-bond donors (Lipinski definition) is 1. The molecule has 2 saturated heterocycles. The predicted octanol–water partition coefficient (Wildman–Crippen LogP) is 1.71. The monoisotopic (exact) mass is 482 g/mol. The van der Waals surface area contributed by atoms with Gasteiger partial charge in [-0.05, 0) is 19.3 Å². The fraction of sp³-hybridized carbons (Fsp3) is 0.889. The van der Waals surface area contributed by atoms with Gasteiger partial charge in [-0.3, -0.25) is 14.7 Å². The first kappa shape index (κ1) is 23.4. The molecule has 0 aromatic rings. The average Bonchev–Trinajstić information content (AvgIpc) is 3.14. The number of guanidine groups is 1. The highest BCUT2D eigenvalue weighted by Gasteiger charge is 2.30. The largest absolute Gasteiger partial charge is 0.469 e. The summed E-state index contributed by atoms with van der Waals surface area (Å²) < 4.78 is 10.1. The van der Waals surface area contributed by atoms with E-state index in [-0.39, 0.29) is 29.9 Å². The molecule has 152 valence electrons. The zero-order valence-electron chi connectivity index (χ0n) is 16.2. The zero-order chi connectivity index (χ0) is 17.9. The number of nitrogens with one attached hydrogen (secondary N) is 1. The Labute approximate surface area is 174 Å². The van der Waals surface area contributed by atoms with Gasteiger partial charge in [-0.15, -0.1) is 24.0 Å². The third-order valence-corrected chi connectivity index (χ3v) is 5.06. The second-order valence-electron chi connectivity index (χ2n) is 6.75. The lowest BCUT2D eigenvalue weighted by Crippen LogP contribution is -2.46. The van der Waals surface area contributed by atoms with Crippen molar-refractivity contribution in [3.05, 3.63) is 0 Å². The van der Waals surface area contributed by atoms with Crippen LogP contribution in [0.3, 0.4) is 0 Å². The lowest BCUT2D eigenvalue weighted by molar-refractivity contribution is -0.140. The van der Waals surface area contributed by atoms with Crippen LogP contribution in [0.25, 0.3) is 0 Å². The Balaban J connectivity index is 0.00000338. The summed E-state index contributed by atoms with van der Waals surface area (Å²) in [4.78, 5) is 20.4. The number of carbonyl (C=O) groups excluding carboxylic acids is 1. The normalized spacial score (nSPS) is 21.4. The first-order valence-corrected chi connectivity index (χ1v) is 9.58.